The number of unbranched alkanes of at least 4 members (excludes halogenated alkanes) is 6. The van der Waals surface area contributed by atoms with Crippen molar-refractivity contribution in [3.05, 3.63) is 0 Å². The predicted octanol–water partition coefficient (Wildman–Crippen LogP) is 3.32. The summed E-state index contributed by atoms with van der Waals surface area (Å²) in [7, 11) is 0. The zero-order valence-electron chi connectivity index (χ0n) is 18.3. The van der Waals surface area contributed by atoms with E-state index in [9.17, 15) is 20.1 Å². The fraction of sp³-hybridized carbons (Fsp3) is 0.955. The SMILES string of the molecule is CCCCCCC(O)C[N+](CCO)(CCCC(=O)O)CC(O)CCCCCC. The van der Waals surface area contributed by atoms with Crippen LogP contribution in [0.2, 0.25) is 0 Å². The van der Waals surface area contributed by atoms with Gasteiger partial charge in [-0.25, -0.2) is 0 Å². The van der Waals surface area contributed by atoms with E-state index in [1.165, 1.54) is 12.8 Å². The maximum Gasteiger partial charge on any atom is 0.303 e. The van der Waals surface area contributed by atoms with Crippen LogP contribution in [0.4, 0.5) is 0 Å². The van der Waals surface area contributed by atoms with Gasteiger partial charge in [-0.15, -0.1) is 0 Å². The van der Waals surface area contributed by atoms with E-state index in [2.05, 4.69) is 13.8 Å². The fourth-order valence-electron chi connectivity index (χ4n) is 4.02. The summed E-state index contributed by atoms with van der Waals surface area (Å²) in [5.41, 5.74) is 0. The second kappa shape index (κ2) is 17.2. The van der Waals surface area contributed by atoms with E-state index in [1.807, 2.05) is 0 Å². The van der Waals surface area contributed by atoms with Crippen LogP contribution in [0.1, 0.15) is 90.9 Å². The first-order chi connectivity index (χ1) is 13.4. The minimum absolute atomic E-state index is 0.0296. The summed E-state index contributed by atoms with van der Waals surface area (Å²) in [6.07, 6.45) is 9.82. The summed E-state index contributed by atoms with van der Waals surface area (Å²) in [4.78, 5) is 10.9. The van der Waals surface area contributed by atoms with Crippen molar-refractivity contribution in [2.45, 2.75) is 103 Å². The largest absolute Gasteiger partial charge is 0.481 e. The van der Waals surface area contributed by atoms with Gasteiger partial charge in [0, 0.05) is 6.42 Å². The summed E-state index contributed by atoms with van der Waals surface area (Å²) in [6, 6.07) is 0. The molecule has 0 aromatic heterocycles. The van der Waals surface area contributed by atoms with Gasteiger partial charge in [0.15, 0.2) is 0 Å². The van der Waals surface area contributed by atoms with Gasteiger partial charge in [0.05, 0.1) is 19.6 Å². The molecule has 0 aromatic rings. The molecule has 4 N–H and O–H groups in total. The highest BCUT2D eigenvalue weighted by atomic mass is 16.4. The number of quaternary nitrogens is 1. The Hall–Kier alpha value is -0.690. The van der Waals surface area contributed by atoms with Crippen LogP contribution < -0.4 is 0 Å². The molecule has 2 unspecified atom stereocenters. The Morgan fingerprint density at radius 1 is 0.786 bits per heavy atom. The quantitative estimate of drug-likeness (QED) is 0.184. The van der Waals surface area contributed by atoms with Crippen LogP contribution >= 0.6 is 0 Å². The van der Waals surface area contributed by atoms with E-state index in [4.69, 9.17) is 5.11 Å². The zero-order chi connectivity index (χ0) is 21.3. The van der Waals surface area contributed by atoms with Gasteiger partial charge in [0.1, 0.15) is 31.8 Å². The normalized spacial score (nSPS) is 15.9. The first-order valence-corrected chi connectivity index (χ1v) is 11.4. The zero-order valence-corrected chi connectivity index (χ0v) is 18.3. The Labute approximate surface area is 172 Å². The lowest BCUT2D eigenvalue weighted by Crippen LogP contribution is -2.57. The highest BCUT2D eigenvalue weighted by Crippen LogP contribution is 2.18. The molecule has 0 amide bonds. The Kier molecular flexibility index (Phi) is 16.8. The van der Waals surface area contributed by atoms with Gasteiger partial charge in [0.2, 0.25) is 0 Å². The molecule has 0 heterocycles. The van der Waals surface area contributed by atoms with Crippen LogP contribution in [-0.2, 0) is 4.79 Å². The number of nitrogens with zero attached hydrogens (tertiary/aromatic N) is 1. The molecule has 0 aliphatic carbocycles. The van der Waals surface area contributed by atoms with Crippen LogP contribution in [0, 0.1) is 0 Å². The topological polar surface area (TPSA) is 98.0 Å². The molecule has 6 heteroatoms. The van der Waals surface area contributed by atoms with Gasteiger partial charge in [-0.1, -0.05) is 65.2 Å². The van der Waals surface area contributed by atoms with Crippen molar-refractivity contribution in [3.8, 4) is 0 Å². The maximum atomic E-state index is 10.9. The number of aliphatic carboxylic acids is 1. The first-order valence-electron chi connectivity index (χ1n) is 11.4. The van der Waals surface area contributed by atoms with E-state index in [1.54, 1.807) is 0 Å². The fourth-order valence-corrected chi connectivity index (χ4v) is 4.02. The van der Waals surface area contributed by atoms with Crippen molar-refractivity contribution in [2.24, 2.45) is 0 Å². The molecule has 0 spiro atoms. The van der Waals surface area contributed by atoms with Gasteiger partial charge < -0.3 is 24.9 Å². The second-order valence-electron chi connectivity index (χ2n) is 8.38. The first kappa shape index (κ1) is 27.3. The predicted molar refractivity (Wildman–Crippen MR) is 113 cm³/mol. The molecule has 2 atom stereocenters. The third-order valence-electron chi connectivity index (χ3n) is 5.58. The smallest absolute Gasteiger partial charge is 0.303 e. The number of aliphatic hydroxyl groups is 3. The number of rotatable bonds is 20. The van der Waals surface area contributed by atoms with Gasteiger partial charge in [-0.3, -0.25) is 4.79 Å². The Morgan fingerprint density at radius 2 is 1.29 bits per heavy atom. The molecule has 0 saturated carbocycles. The third kappa shape index (κ3) is 14.3. The van der Waals surface area contributed by atoms with Crippen LogP contribution in [0.15, 0.2) is 0 Å². The Morgan fingerprint density at radius 3 is 1.68 bits per heavy atom. The number of carboxylic acids is 1. The van der Waals surface area contributed by atoms with E-state index in [0.29, 0.717) is 37.1 Å². The minimum atomic E-state index is -0.831. The summed E-state index contributed by atoms with van der Waals surface area (Å²) < 4.78 is 0.396. The van der Waals surface area contributed by atoms with Crippen molar-refractivity contribution in [1.82, 2.24) is 0 Å². The summed E-state index contributed by atoms with van der Waals surface area (Å²) >= 11 is 0. The lowest BCUT2D eigenvalue weighted by molar-refractivity contribution is -0.934. The molecular weight excluding hydrogens is 358 g/mol. The highest BCUT2D eigenvalue weighted by molar-refractivity contribution is 5.66. The maximum absolute atomic E-state index is 10.9. The third-order valence-corrected chi connectivity index (χ3v) is 5.58. The van der Waals surface area contributed by atoms with Crippen LogP contribution in [-0.4, -0.2) is 75.9 Å². The number of aliphatic hydroxyl groups excluding tert-OH is 3. The summed E-state index contributed by atoms with van der Waals surface area (Å²) in [5.74, 6) is -0.831. The summed E-state index contributed by atoms with van der Waals surface area (Å²) in [6.45, 7) is 6.23. The van der Waals surface area contributed by atoms with Gasteiger partial charge in [-0.2, -0.15) is 0 Å². The molecule has 0 rings (SSSR count). The molecular formula is C22H46NO5+. The average Bonchev–Trinajstić information content (AvgIpc) is 2.62. The molecule has 0 saturated heterocycles. The van der Waals surface area contributed by atoms with E-state index >= 15 is 0 Å². The van der Waals surface area contributed by atoms with Crippen molar-refractivity contribution < 1.29 is 29.7 Å². The molecule has 0 aromatic carbocycles. The van der Waals surface area contributed by atoms with Crippen molar-refractivity contribution >= 4 is 5.97 Å². The molecule has 6 nitrogen and oxygen atoms in total. The molecule has 28 heavy (non-hydrogen) atoms. The van der Waals surface area contributed by atoms with Crippen molar-refractivity contribution in [3.63, 3.8) is 0 Å². The monoisotopic (exact) mass is 404 g/mol. The van der Waals surface area contributed by atoms with Crippen molar-refractivity contribution in [1.29, 1.82) is 0 Å². The number of carbonyl (C=O) groups is 1. The Balaban J connectivity index is 4.87. The van der Waals surface area contributed by atoms with Gasteiger partial charge >= 0.3 is 5.97 Å². The molecule has 0 fully saturated rings. The highest BCUT2D eigenvalue weighted by Gasteiger charge is 2.32. The van der Waals surface area contributed by atoms with Crippen molar-refractivity contribution in [2.75, 3.05) is 32.8 Å². The number of carboxylic acid groups (broad SMARTS) is 1. The van der Waals surface area contributed by atoms with Crippen LogP contribution in [0.3, 0.4) is 0 Å². The van der Waals surface area contributed by atoms with E-state index in [0.717, 1.165) is 51.4 Å². The molecule has 0 aliphatic heterocycles. The second-order valence-corrected chi connectivity index (χ2v) is 8.38. The van der Waals surface area contributed by atoms with Crippen LogP contribution in [0.5, 0.6) is 0 Å². The van der Waals surface area contributed by atoms with E-state index in [-0.39, 0.29) is 13.0 Å². The summed E-state index contributed by atoms with van der Waals surface area (Å²) in [5, 5.41) is 39.8. The number of hydrogen-bond donors (Lipinski definition) is 4. The molecule has 0 radical (unpaired) electrons. The molecule has 168 valence electrons. The number of hydrogen-bond acceptors (Lipinski definition) is 4. The average molecular weight is 405 g/mol. The van der Waals surface area contributed by atoms with Crippen LogP contribution in [0.25, 0.3) is 0 Å². The van der Waals surface area contributed by atoms with Gasteiger partial charge in [0.25, 0.3) is 0 Å². The molecule has 0 aliphatic rings. The Bertz CT molecular complexity index is 358. The minimum Gasteiger partial charge on any atom is -0.481 e. The van der Waals surface area contributed by atoms with Gasteiger partial charge in [-0.05, 0) is 12.8 Å². The lowest BCUT2D eigenvalue weighted by Gasteiger charge is -2.41. The standard InChI is InChI=1S/C22H45NO5/c1-3-5-7-9-12-20(25)18-23(16-17-24,15-11-14-22(27)28)19-21(26)13-10-8-6-4-2/h20-21,24-26H,3-19H2,1-2H3/p+1. The van der Waals surface area contributed by atoms with E-state index < -0.39 is 18.2 Å². The molecule has 0 bridgehead atoms. The lowest BCUT2D eigenvalue weighted by atomic mass is 10.0.